The maximum atomic E-state index is 7.60. The maximum Gasteiger partial charge on any atom is 0.0605 e. The second kappa shape index (κ2) is 8.18. The van der Waals surface area contributed by atoms with Gasteiger partial charge in [0.2, 0.25) is 0 Å². The molecule has 3 rings (SSSR count). The lowest BCUT2D eigenvalue weighted by atomic mass is 9.92. The molecule has 2 aromatic rings. The van der Waals surface area contributed by atoms with Gasteiger partial charge in [-0.05, 0) is 54.8 Å². The van der Waals surface area contributed by atoms with Gasteiger partial charge in [0.1, 0.15) is 0 Å². The molecule has 0 spiro atoms. The van der Waals surface area contributed by atoms with Crippen molar-refractivity contribution in [3.63, 3.8) is 0 Å². The average molecular weight is 382 g/mol. The first-order valence-electron chi connectivity index (χ1n) is 8.83. The molecule has 0 saturated heterocycles. The van der Waals surface area contributed by atoms with E-state index in [0.717, 1.165) is 46.7 Å². The number of fused-ring (bicyclic) bond motifs is 1. The van der Waals surface area contributed by atoms with E-state index in [4.69, 9.17) is 28.5 Å². The quantitative estimate of drug-likeness (QED) is 0.515. The van der Waals surface area contributed by atoms with Crippen molar-refractivity contribution < 1.29 is 0 Å². The van der Waals surface area contributed by atoms with Crippen LogP contribution in [0.3, 0.4) is 0 Å². The smallest absolute Gasteiger partial charge is 0.0605 e. The van der Waals surface area contributed by atoms with Crippen LogP contribution in [0.1, 0.15) is 36.1 Å². The number of nitrogens with one attached hydrogen (secondary N) is 3. The van der Waals surface area contributed by atoms with E-state index in [0.29, 0.717) is 10.6 Å². The standard InChI is InChI=1S/C21H24ClN5/c1-13(25)21-18-7-2-14(15(11-23)12-24)10-19(18)20(8-9-26-21)27-17-5-3-16(22)4-6-17/h2-7,10-12,20,23,26-27H,8-9,24-25H2,1H3/b15-12+,21-13-,23-11?. The van der Waals surface area contributed by atoms with Gasteiger partial charge < -0.3 is 27.5 Å². The van der Waals surface area contributed by atoms with Crippen LogP contribution in [0.4, 0.5) is 5.69 Å². The van der Waals surface area contributed by atoms with Gasteiger partial charge in [0.25, 0.3) is 0 Å². The Hall–Kier alpha value is -2.92. The number of benzene rings is 2. The molecule has 1 aliphatic rings. The largest absolute Gasteiger partial charge is 0.404 e. The van der Waals surface area contributed by atoms with Crippen LogP contribution in [-0.2, 0) is 0 Å². The van der Waals surface area contributed by atoms with E-state index in [1.54, 1.807) is 0 Å². The Labute approximate surface area is 164 Å². The van der Waals surface area contributed by atoms with Crippen LogP contribution in [0.5, 0.6) is 0 Å². The van der Waals surface area contributed by atoms with Crippen molar-refractivity contribution in [2.24, 2.45) is 11.5 Å². The Balaban J connectivity index is 2.09. The topological polar surface area (TPSA) is 100.0 Å². The summed E-state index contributed by atoms with van der Waals surface area (Å²) in [5, 5.41) is 15.3. The molecule has 27 heavy (non-hydrogen) atoms. The first kappa shape index (κ1) is 18.9. The fourth-order valence-electron chi connectivity index (χ4n) is 3.33. The van der Waals surface area contributed by atoms with Crippen LogP contribution < -0.4 is 22.1 Å². The van der Waals surface area contributed by atoms with E-state index in [-0.39, 0.29) is 6.04 Å². The van der Waals surface area contributed by atoms with Gasteiger partial charge in [0.15, 0.2) is 0 Å². The van der Waals surface area contributed by atoms with Gasteiger partial charge >= 0.3 is 0 Å². The fourth-order valence-corrected chi connectivity index (χ4v) is 3.45. The summed E-state index contributed by atoms with van der Waals surface area (Å²) in [6.45, 7) is 2.69. The lowest BCUT2D eigenvalue weighted by molar-refractivity contribution is 0.682. The molecule has 0 amide bonds. The lowest BCUT2D eigenvalue weighted by Crippen LogP contribution is -2.16. The summed E-state index contributed by atoms with van der Waals surface area (Å²) >= 11 is 6.01. The molecule has 2 aromatic carbocycles. The third-order valence-corrected chi connectivity index (χ3v) is 4.93. The minimum Gasteiger partial charge on any atom is -0.404 e. The minimum absolute atomic E-state index is 0.0789. The summed E-state index contributed by atoms with van der Waals surface area (Å²) < 4.78 is 0. The Bertz CT molecular complexity index is 895. The molecule has 1 heterocycles. The second-order valence-corrected chi connectivity index (χ2v) is 6.98. The van der Waals surface area contributed by atoms with Crippen molar-refractivity contribution in [1.82, 2.24) is 5.32 Å². The van der Waals surface area contributed by atoms with Crippen LogP contribution in [-0.4, -0.2) is 12.8 Å². The third kappa shape index (κ3) is 4.09. The highest BCUT2D eigenvalue weighted by molar-refractivity contribution is 6.30. The summed E-state index contributed by atoms with van der Waals surface area (Å²) in [6, 6.07) is 13.9. The maximum absolute atomic E-state index is 7.60. The average Bonchev–Trinajstić information content (AvgIpc) is 2.84. The summed E-state index contributed by atoms with van der Waals surface area (Å²) in [5.41, 5.74) is 18.3. The highest BCUT2D eigenvalue weighted by atomic mass is 35.5. The number of hydrogen-bond acceptors (Lipinski definition) is 5. The summed E-state index contributed by atoms with van der Waals surface area (Å²) in [5.74, 6) is 0. The number of halogens is 1. The molecule has 0 bridgehead atoms. The van der Waals surface area contributed by atoms with Gasteiger partial charge in [-0.2, -0.15) is 0 Å². The molecule has 0 aliphatic carbocycles. The molecule has 1 aliphatic heterocycles. The van der Waals surface area contributed by atoms with Crippen LogP contribution in [0.15, 0.2) is 54.4 Å². The molecule has 0 radical (unpaired) electrons. The summed E-state index contributed by atoms with van der Waals surface area (Å²) in [7, 11) is 0. The molecule has 5 nitrogen and oxygen atoms in total. The number of hydrogen-bond donors (Lipinski definition) is 5. The van der Waals surface area contributed by atoms with E-state index in [2.05, 4.69) is 16.7 Å². The van der Waals surface area contributed by atoms with E-state index in [1.807, 2.05) is 43.3 Å². The Kier molecular flexibility index (Phi) is 5.72. The molecule has 1 atom stereocenters. The number of anilines is 1. The third-order valence-electron chi connectivity index (χ3n) is 4.68. The van der Waals surface area contributed by atoms with Crippen molar-refractivity contribution in [3.05, 3.63) is 76.1 Å². The zero-order valence-corrected chi connectivity index (χ0v) is 16.0. The Morgan fingerprint density at radius 1 is 1.26 bits per heavy atom. The molecule has 7 N–H and O–H groups in total. The molecule has 0 saturated carbocycles. The summed E-state index contributed by atoms with van der Waals surface area (Å²) in [6.07, 6.45) is 3.60. The van der Waals surface area contributed by atoms with Gasteiger partial charge in [-0.1, -0.05) is 23.7 Å². The fraction of sp³-hybridized carbons (Fsp3) is 0.190. The zero-order valence-electron chi connectivity index (χ0n) is 15.2. The van der Waals surface area contributed by atoms with Gasteiger partial charge in [-0.15, -0.1) is 0 Å². The van der Waals surface area contributed by atoms with Crippen molar-refractivity contribution in [2.75, 3.05) is 11.9 Å². The lowest BCUT2D eigenvalue weighted by Gasteiger charge is -2.21. The molecule has 1 unspecified atom stereocenters. The Morgan fingerprint density at radius 3 is 2.63 bits per heavy atom. The number of allylic oxidation sites excluding steroid dienone is 2. The predicted molar refractivity (Wildman–Crippen MR) is 115 cm³/mol. The van der Waals surface area contributed by atoms with Gasteiger partial charge in [0, 0.05) is 46.5 Å². The molecule has 0 fully saturated rings. The molecular formula is C21H24ClN5. The van der Waals surface area contributed by atoms with Crippen molar-refractivity contribution in [2.45, 2.75) is 19.4 Å². The van der Waals surface area contributed by atoms with Gasteiger partial charge in [-0.3, -0.25) is 0 Å². The van der Waals surface area contributed by atoms with Crippen molar-refractivity contribution in [1.29, 1.82) is 5.41 Å². The van der Waals surface area contributed by atoms with Crippen LogP contribution in [0.2, 0.25) is 5.02 Å². The second-order valence-electron chi connectivity index (χ2n) is 6.55. The number of rotatable bonds is 4. The van der Waals surface area contributed by atoms with Crippen LogP contribution in [0, 0.1) is 5.41 Å². The Morgan fingerprint density at radius 2 is 2.00 bits per heavy atom. The first-order chi connectivity index (χ1) is 13.0. The molecule has 140 valence electrons. The molecule has 0 aromatic heterocycles. The number of nitrogens with two attached hydrogens (primary N) is 2. The molecular weight excluding hydrogens is 358 g/mol. The van der Waals surface area contributed by atoms with Crippen molar-refractivity contribution >= 4 is 34.8 Å². The van der Waals surface area contributed by atoms with E-state index in [9.17, 15) is 0 Å². The normalized spacial score (nSPS) is 18.7. The SMILES string of the molecule is C/C(N)=C1/NCCC(Nc2ccc(Cl)cc2)c2cc(/C(C=N)=C/N)ccc21. The molecule has 6 heteroatoms. The summed E-state index contributed by atoms with van der Waals surface area (Å²) in [4.78, 5) is 0. The van der Waals surface area contributed by atoms with Crippen LogP contribution >= 0.6 is 11.6 Å². The van der Waals surface area contributed by atoms with Crippen LogP contribution in [0.25, 0.3) is 11.3 Å². The van der Waals surface area contributed by atoms with Gasteiger partial charge in [-0.25, -0.2) is 0 Å². The van der Waals surface area contributed by atoms with E-state index in [1.165, 1.54) is 12.4 Å². The van der Waals surface area contributed by atoms with E-state index < -0.39 is 0 Å². The highest BCUT2D eigenvalue weighted by Gasteiger charge is 2.23. The predicted octanol–water partition coefficient (Wildman–Crippen LogP) is 4.08. The first-order valence-corrected chi connectivity index (χ1v) is 9.20. The minimum atomic E-state index is 0.0789. The highest BCUT2D eigenvalue weighted by Crippen LogP contribution is 2.34. The van der Waals surface area contributed by atoms with E-state index >= 15 is 0 Å². The monoisotopic (exact) mass is 381 g/mol. The van der Waals surface area contributed by atoms with Crippen molar-refractivity contribution in [3.8, 4) is 0 Å². The zero-order chi connectivity index (χ0) is 19.4. The van der Waals surface area contributed by atoms with Gasteiger partial charge in [0.05, 0.1) is 11.7 Å².